The van der Waals surface area contributed by atoms with Crippen molar-refractivity contribution >= 4 is 48.9 Å². The monoisotopic (exact) mass is 388 g/mol. The third-order valence-corrected chi connectivity index (χ3v) is 4.68. The lowest BCUT2D eigenvalue weighted by molar-refractivity contribution is 0.623. The summed E-state index contributed by atoms with van der Waals surface area (Å²) in [6.07, 6.45) is 0. The average molecular weight is 390 g/mol. The molecule has 0 spiro atoms. The van der Waals surface area contributed by atoms with Gasteiger partial charge < -0.3 is 5.32 Å². The molecular weight excluding hydrogens is 383 g/mol. The summed E-state index contributed by atoms with van der Waals surface area (Å²) in [5.74, 6) is -0.440. The highest BCUT2D eigenvalue weighted by Gasteiger charge is 2.10. The molecule has 0 aliphatic rings. The Labute approximate surface area is 125 Å². The predicted octanol–water partition coefficient (Wildman–Crippen LogP) is 4.90. The van der Waals surface area contributed by atoms with E-state index in [9.17, 15) is 4.39 Å². The van der Waals surface area contributed by atoms with Crippen LogP contribution in [0.5, 0.6) is 0 Å². The first-order valence-corrected chi connectivity index (χ1v) is 7.38. The van der Waals surface area contributed by atoms with Gasteiger partial charge in [-0.3, -0.25) is 0 Å². The molecule has 0 bridgehead atoms. The molecule has 0 atom stereocenters. The van der Waals surface area contributed by atoms with Crippen molar-refractivity contribution in [1.29, 1.82) is 5.26 Å². The molecule has 6 heteroatoms. The SMILES string of the molecule is N#Cc1ccc(NCc2ccc(Br)s2)c(F)c1Br. The molecule has 1 aromatic heterocycles. The molecule has 0 radical (unpaired) electrons. The van der Waals surface area contributed by atoms with Gasteiger partial charge in [0.05, 0.1) is 19.5 Å². The van der Waals surface area contributed by atoms with Gasteiger partial charge in [0.15, 0.2) is 5.82 Å². The molecular formula is C12H7Br2FN2S. The Bertz CT molecular complexity index is 619. The minimum Gasteiger partial charge on any atom is -0.378 e. The Morgan fingerprint density at radius 3 is 2.67 bits per heavy atom. The number of rotatable bonds is 3. The Morgan fingerprint density at radius 1 is 1.28 bits per heavy atom. The van der Waals surface area contributed by atoms with Crippen LogP contribution >= 0.6 is 43.2 Å². The first kappa shape index (κ1) is 13.5. The number of thiophene rings is 1. The maximum Gasteiger partial charge on any atom is 0.161 e. The second-order valence-electron chi connectivity index (χ2n) is 3.46. The molecule has 0 saturated carbocycles. The van der Waals surface area contributed by atoms with Crippen molar-refractivity contribution in [3.05, 3.63) is 48.8 Å². The Morgan fingerprint density at radius 2 is 2.06 bits per heavy atom. The van der Waals surface area contributed by atoms with E-state index in [1.54, 1.807) is 23.5 Å². The van der Waals surface area contributed by atoms with E-state index in [4.69, 9.17) is 5.26 Å². The van der Waals surface area contributed by atoms with Crippen molar-refractivity contribution < 1.29 is 4.39 Å². The van der Waals surface area contributed by atoms with Gasteiger partial charge in [0.25, 0.3) is 0 Å². The van der Waals surface area contributed by atoms with Crippen LogP contribution in [-0.4, -0.2) is 0 Å². The Hall–Kier alpha value is -0.900. The van der Waals surface area contributed by atoms with Crippen LogP contribution in [0.2, 0.25) is 0 Å². The molecule has 2 nitrogen and oxygen atoms in total. The third-order valence-electron chi connectivity index (χ3n) is 2.28. The molecule has 92 valence electrons. The van der Waals surface area contributed by atoms with Crippen LogP contribution in [-0.2, 0) is 6.54 Å². The normalized spacial score (nSPS) is 10.1. The highest BCUT2D eigenvalue weighted by molar-refractivity contribution is 9.11. The topological polar surface area (TPSA) is 35.8 Å². The van der Waals surface area contributed by atoms with Crippen molar-refractivity contribution in [2.75, 3.05) is 5.32 Å². The molecule has 0 aliphatic heterocycles. The minimum atomic E-state index is -0.440. The zero-order valence-corrected chi connectivity index (χ0v) is 13.0. The smallest absolute Gasteiger partial charge is 0.161 e. The van der Waals surface area contributed by atoms with Gasteiger partial charge in [-0.2, -0.15) is 5.26 Å². The standard InChI is InChI=1S/C12H7Br2FN2S/c13-10-4-2-8(18-10)6-17-9-3-1-7(5-16)11(14)12(9)15/h1-4,17H,6H2. The highest BCUT2D eigenvalue weighted by atomic mass is 79.9. The molecule has 0 fully saturated rings. The molecule has 0 aliphatic carbocycles. The fraction of sp³-hybridized carbons (Fsp3) is 0.0833. The number of anilines is 1. The molecule has 1 N–H and O–H groups in total. The van der Waals surface area contributed by atoms with Crippen molar-refractivity contribution in [3.8, 4) is 6.07 Å². The average Bonchev–Trinajstić information content (AvgIpc) is 2.77. The summed E-state index contributed by atoms with van der Waals surface area (Å²) in [6.45, 7) is 0.547. The summed E-state index contributed by atoms with van der Waals surface area (Å²) in [4.78, 5) is 1.10. The molecule has 2 rings (SSSR count). The third kappa shape index (κ3) is 2.91. The first-order valence-electron chi connectivity index (χ1n) is 4.98. The van der Waals surface area contributed by atoms with Crippen molar-refractivity contribution in [2.45, 2.75) is 6.54 Å². The molecule has 2 aromatic rings. The van der Waals surface area contributed by atoms with Crippen LogP contribution in [0, 0.1) is 17.1 Å². The fourth-order valence-corrected chi connectivity index (χ4v) is 3.26. The summed E-state index contributed by atoms with van der Waals surface area (Å²) in [5.41, 5.74) is 0.669. The maximum atomic E-state index is 13.9. The van der Waals surface area contributed by atoms with Crippen molar-refractivity contribution in [3.63, 3.8) is 0 Å². The molecule has 1 heterocycles. The van der Waals surface area contributed by atoms with Gasteiger partial charge in [0.1, 0.15) is 6.07 Å². The van der Waals surface area contributed by atoms with Gasteiger partial charge in [-0.15, -0.1) is 11.3 Å². The lowest BCUT2D eigenvalue weighted by Crippen LogP contribution is -2.01. The molecule has 1 aromatic carbocycles. The van der Waals surface area contributed by atoms with E-state index >= 15 is 0 Å². The number of benzene rings is 1. The van der Waals surface area contributed by atoms with Crippen molar-refractivity contribution in [1.82, 2.24) is 0 Å². The van der Waals surface area contributed by atoms with Gasteiger partial charge in [0.2, 0.25) is 0 Å². The summed E-state index contributed by atoms with van der Waals surface area (Å²) >= 11 is 8.05. The summed E-state index contributed by atoms with van der Waals surface area (Å²) in [7, 11) is 0. The second kappa shape index (κ2) is 5.83. The van der Waals surface area contributed by atoms with Crippen LogP contribution < -0.4 is 5.32 Å². The summed E-state index contributed by atoms with van der Waals surface area (Å²) < 4.78 is 15.1. The van der Waals surface area contributed by atoms with Crippen LogP contribution in [0.15, 0.2) is 32.5 Å². The second-order valence-corrected chi connectivity index (χ2v) is 6.80. The van der Waals surface area contributed by atoms with Gasteiger partial charge in [0, 0.05) is 11.4 Å². The van der Waals surface area contributed by atoms with E-state index in [1.165, 1.54) is 0 Å². The summed E-state index contributed by atoms with van der Waals surface area (Å²) in [6, 6.07) is 9.00. The highest BCUT2D eigenvalue weighted by Crippen LogP contribution is 2.28. The largest absolute Gasteiger partial charge is 0.378 e. The van der Waals surface area contributed by atoms with Gasteiger partial charge in [-0.25, -0.2) is 4.39 Å². The predicted molar refractivity (Wildman–Crippen MR) is 78.2 cm³/mol. The van der Waals surface area contributed by atoms with E-state index in [0.29, 0.717) is 12.2 Å². The Balaban J connectivity index is 2.15. The number of nitrogens with zero attached hydrogens (tertiary/aromatic N) is 1. The van der Waals surface area contributed by atoms with Crippen LogP contribution in [0.1, 0.15) is 10.4 Å². The van der Waals surface area contributed by atoms with Crippen molar-refractivity contribution in [2.24, 2.45) is 0 Å². The number of nitrogens with one attached hydrogen (secondary N) is 1. The molecule has 0 saturated heterocycles. The number of hydrogen-bond acceptors (Lipinski definition) is 3. The zero-order valence-electron chi connectivity index (χ0n) is 9.01. The van der Waals surface area contributed by atoms with E-state index in [0.717, 1.165) is 8.66 Å². The van der Waals surface area contributed by atoms with Crippen LogP contribution in [0.4, 0.5) is 10.1 Å². The quantitative estimate of drug-likeness (QED) is 0.810. The van der Waals surface area contributed by atoms with Crippen LogP contribution in [0.25, 0.3) is 0 Å². The molecule has 0 unspecified atom stereocenters. The van der Waals surface area contributed by atoms with Gasteiger partial charge in [-0.1, -0.05) is 0 Å². The number of nitriles is 1. The first-order chi connectivity index (χ1) is 8.61. The molecule has 0 amide bonds. The van der Waals surface area contributed by atoms with E-state index in [2.05, 4.69) is 37.2 Å². The zero-order chi connectivity index (χ0) is 13.1. The lowest BCUT2D eigenvalue weighted by atomic mass is 10.2. The van der Waals surface area contributed by atoms with E-state index in [-0.39, 0.29) is 10.0 Å². The fourth-order valence-electron chi connectivity index (χ4n) is 1.40. The number of hydrogen-bond donors (Lipinski definition) is 1. The maximum absolute atomic E-state index is 13.9. The lowest BCUT2D eigenvalue weighted by Gasteiger charge is -2.08. The van der Waals surface area contributed by atoms with Gasteiger partial charge in [-0.05, 0) is 56.1 Å². The van der Waals surface area contributed by atoms with Crippen LogP contribution in [0.3, 0.4) is 0 Å². The van der Waals surface area contributed by atoms with Gasteiger partial charge >= 0.3 is 0 Å². The number of halogens is 3. The summed E-state index contributed by atoms with van der Waals surface area (Å²) in [5, 5.41) is 11.8. The Kier molecular flexibility index (Phi) is 4.38. The minimum absolute atomic E-state index is 0.197. The van der Waals surface area contributed by atoms with E-state index in [1.807, 2.05) is 18.2 Å². The molecule has 18 heavy (non-hydrogen) atoms. The van der Waals surface area contributed by atoms with E-state index < -0.39 is 5.82 Å².